The molecular formula is C16H19N5O2. The molecule has 2 heterocycles. The minimum atomic E-state index is -0.652. The molecule has 0 bridgehead atoms. The molecule has 2 aromatic rings. The number of fused-ring (bicyclic) bond motifs is 1. The van der Waals surface area contributed by atoms with Gasteiger partial charge in [0.1, 0.15) is 11.9 Å². The number of hydrogen-bond acceptors (Lipinski definition) is 4. The number of hydrogen-bond donors (Lipinski definition) is 2. The first kappa shape index (κ1) is 15.2. The maximum absolute atomic E-state index is 12.2. The summed E-state index contributed by atoms with van der Waals surface area (Å²) in [6, 6.07) is 7.06. The Kier molecular flexibility index (Phi) is 3.85. The van der Waals surface area contributed by atoms with Gasteiger partial charge in [0, 0.05) is 5.69 Å². The van der Waals surface area contributed by atoms with Crippen LogP contribution in [-0.2, 0) is 9.59 Å². The van der Waals surface area contributed by atoms with Crippen LogP contribution in [0.4, 0.5) is 11.6 Å². The highest BCUT2D eigenvalue weighted by atomic mass is 16.2. The average Bonchev–Trinajstić information content (AvgIpc) is 2.97. The Labute approximate surface area is 134 Å². The van der Waals surface area contributed by atoms with Crippen LogP contribution in [0.15, 0.2) is 24.3 Å². The highest BCUT2D eigenvalue weighted by Crippen LogP contribution is 2.25. The molecular weight excluding hydrogens is 294 g/mol. The molecule has 0 spiro atoms. The van der Waals surface area contributed by atoms with Gasteiger partial charge < -0.3 is 5.32 Å². The molecule has 3 rings (SSSR count). The molecule has 0 aliphatic carbocycles. The van der Waals surface area contributed by atoms with Crippen LogP contribution in [-0.4, -0.2) is 26.6 Å². The van der Waals surface area contributed by atoms with Crippen LogP contribution in [0.25, 0.3) is 0 Å². The molecule has 1 unspecified atom stereocenters. The summed E-state index contributed by atoms with van der Waals surface area (Å²) in [6.07, 6.45) is 0.0214. The van der Waals surface area contributed by atoms with Gasteiger partial charge in [-0.2, -0.15) is 10.1 Å². The van der Waals surface area contributed by atoms with E-state index in [0.29, 0.717) is 23.4 Å². The minimum absolute atomic E-state index is 0.0214. The van der Waals surface area contributed by atoms with E-state index in [-0.39, 0.29) is 18.2 Å². The fraction of sp³-hybridized carbons (Fsp3) is 0.375. The van der Waals surface area contributed by atoms with E-state index in [1.165, 1.54) is 10.2 Å². The van der Waals surface area contributed by atoms with E-state index in [1.54, 1.807) is 6.92 Å². The zero-order chi connectivity index (χ0) is 16.6. The van der Waals surface area contributed by atoms with Crippen LogP contribution in [0.1, 0.15) is 43.6 Å². The molecule has 1 aromatic heterocycles. The van der Waals surface area contributed by atoms with Crippen molar-refractivity contribution < 1.29 is 9.59 Å². The Morgan fingerprint density at radius 2 is 2.04 bits per heavy atom. The topological polar surface area (TPSA) is 88.9 Å². The molecule has 2 amide bonds. The number of aromatic nitrogens is 3. The first-order valence-corrected chi connectivity index (χ1v) is 7.58. The Bertz CT molecular complexity index is 748. The number of carbonyl (C=O) groups excluding carboxylic acids is 2. The first-order valence-electron chi connectivity index (χ1n) is 7.58. The summed E-state index contributed by atoms with van der Waals surface area (Å²) in [5.41, 5.74) is 1.92. The zero-order valence-corrected chi connectivity index (χ0v) is 13.3. The van der Waals surface area contributed by atoms with Gasteiger partial charge in [0.2, 0.25) is 11.9 Å². The molecule has 7 heteroatoms. The largest absolute Gasteiger partial charge is 0.326 e. The van der Waals surface area contributed by atoms with Crippen molar-refractivity contribution in [3.05, 3.63) is 35.7 Å². The highest BCUT2D eigenvalue weighted by molar-refractivity contribution is 6.00. The summed E-state index contributed by atoms with van der Waals surface area (Å²) >= 11 is 0. The highest BCUT2D eigenvalue weighted by Gasteiger charge is 2.34. The van der Waals surface area contributed by atoms with Crippen LogP contribution >= 0.6 is 0 Å². The van der Waals surface area contributed by atoms with Crippen molar-refractivity contribution in [3.63, 3.8) is 0 Å². The maximum atomic E-state index is 12.2. The number of anilines is 2. The molecule has 0 saturated heterocycles. The van der Waals surface area contributed by atoms with E-state index in [0.717, 1.165) is 0 Å². The molecule has 7 nitrogen and oxygen atoms in total. The summed E-state index contributed by atoms with van der Waals surface area (Å²) in [7, 11) is 0. The summed E-state index contributed by atoms with van der Waals surface area (Å²) in [5, 5.41) is 9.60. The van der Waals surface area contributed by atoms with Crippen molar-refractivity contribution >= 4 is 23.5 Å². The van der Waals surface area contributed by atoms with Crippen LogP contribution in [0, 0.1) is 6.92 Å². The van der Waals surface area contributed by atoms with Crippen LogP contribution in [0.3, 0.4) is 0 Å². The van der Waals surface area contributed by atoms with E-state index >= 15 is 0 Å². The van der Waals surface area contributed by atoms with Crippen molar-refractivity contribution in [2.75, 3.05) is 10.6 Å². The average molecular weight is 313 g/mol. The minimum Gasteiger partial charge on any atom is -0.326 e. The Morgan fingerprint density at radius 3 is 2.70 bits per heavy atom. The fourth-order valence-corrected chi connectivity index (χ4v) is 2.56. The number of rotatable bonds is 4. The van der Waals surface area contributed by atoms with E-state index in [9.17, 15) is 9.59 Å². The number of nitrogens with one attached hydrogen (secondary N) is 2. The molecule has 0 radical (unpaired) electrons. The molecule has 0 saturated carbocycles. The molecule has 120 valence electrons. The van der Waals surface area contributed by atoms with E-state index in [2.05, 4.69) is 34.6 Å². The van der Waals surface area contributed by atoms with Gasteiger partial charge in [-0.25, -0.2) is 4.68 Å². The SMILES string of the molecule is Cc1nc2n(n1)C(CC(=O)Nc1ccc(C(C)C)cc1)C(=O)N2. The van der Waals surface area contributed by atoms with Gasteiger partial charge in [0.05, 0.1) is 6.42 Å². The fourth-order valence-electron chi connectivity index (χ4n) is 2.56. The van der Waals surface area contributed by atoms with Gasteiger partial charge in [0.25, 0.3) is 5.91 Å². The second-order valence-electron chi connectivity index (χ2n) is 5.96. The van der Waals surface area contributed by atoms with Gasteiger partial charge in [-0.1, -0.05) is 26.0 Å². The number of benzene rings is 1. The summed E-state index contributed by atoms with van der Waals surface area (Å²) in [6.45, 7) is 5.97. The Balaban J connectivity index is 1.66. The Morgan fingerprint density at radius 1 is 1.35 bits per heavy atom. The second kappa shape index (κ2) is 5.83. The van der Waals surface area contributed by atoms with Crippen LogP contribution in [0.5, 0.6) is 0 Å². The quantitative estimate of drug-likeness (QED) is 0.906. The molecule has 23 heavy (non-hydrogen) atoms. The number of carbonyl (C=O) groups is 2. The molecule has 0 fully saturated rings. The van der Waals surface area contributed by atoms with Crippen molar-refractivity contribution in [1.29, 1.82) is 0 Å². The lowest BCUT2D eigenvalue weighted by atomic mass is 10.0. The van der Waals surface area contributed by atoms with Crippen molar-refractivity contribution in [1.82, 2.24) is 14.8 Å². The summed E-state index contributed by atoms with van der Waals surface area (Å²) < 4.78 is 1.47. The van der Waals surface area contributed by atoms with E-state index in [4.69, 9.17) is 0 Å². The maximum Gasteiger partial charge on any atom is 0.252 e. The van der Waals surface area contributed by atoms with Crippen LogP contribution < -0.4 is 10.6 Å². The summed E-state index contributed by atoms with van der Waals surface area (Å²) in [4.78, 5) is 28.2. The lowest BCUT2D eigenvalue weighted by Crippen LogP contribution is -2.23. The second-order valence-corrected chi connectivity index (χ2v) is 5.96. The van der Waals surface area contributed by atoms with E-state index in [1.807, 2.05) is 24.3 Å². The van der Waals surface area contributed by atoms with Crippen molar-refractivity contribution in [2.24, 2.45) is 0 Å². The molecule has 1 aromatic carbocycles. The number of aryl methyl sites for hydroxylation is 1. The normalized spacial score (nSPS) is 16.3. The predicted octanol–water partition coefficient (Wildman–Crippen LogP) is 2.23. The number of amides is 2. The van der Waals surface area contributed by atoms with Gasteiger partial charge in [-0.05, 0) is 30.5 Å². The predicted molar refractivity (Wildman–Crippen MR) is 86.2 cm³/mol. The van der Waals surface area contributed by atoms with E-state index < -0.39 is 6.04 Å². The lowest BCUT2D eigenvalue weighted by Gasteiger charge is -2.11. The molecule has 1 atom stereocenters. The monoisotopic (exact) mass is 313 g/mol. The third-order valence-electron chi connectivity index (χ3n) is 3.81. The smallest absolute Gasteiger partial charge is 0.252 e. The van der Waals surface area contributed by atoms with Crippen molar-refractivity contribution in [2.45, 2.75) is 39.2 Å². The van der Waals surface area contributed by atoms with Gasteiger partial charge in [0.15, 0.2) is 0 Å². The standard InChI is InChI=1S/C16H19N5O2/c1-9(2)11-4-6-12(7-5-11)18-14(22)8-13-15(23)19-16-17-10(3)20-21(13)16/h4-7,9,13H,8H2,1-3H3,(H,18,22)(H,17,19,20,23). The lowest BCUT2D eigenvalue weighted by molar-refractivity contribution is -0.123. The molecule has 1 aliphatic rings. The van der Waals surface area contributed by atoms with Gasteiger partial charge >= 0.3 is 0 Å². The number of nitrogens with zero attached hydrogens (tertiary/aromatic N) is 3. The van der Waals surface area contributed by atoms with Gasteiger partial charge in [-0.15, -0.1) is 0 Å². The molecule has 1 aliphatic heterocycles. The Hall–Kier alpha value is -2.70. The third-order valence-corrected chi connectivity index (χ3v) is 3.81. The summed E-state index contributed by atoms with van der Waals surface area (Å²) in [5.74, 6) is 0.908. The first-order chi connectivity index (χ1) is 10.9. The van der Waals surface area contributed by atoms with Crippen molar-refractivity contribution in [3.8, 4) is 0 Å². The van der Waals surface area contributed by atoms with Crippen LogP contribution in [0.2, 0.25) is 0 Å². The third kappa shape index (κ3) is 3.08. The van der Waals surface area contributed by atoms with Gasteiger partial charge in [-0.3, -0.25) is 14.9 Å². The molecule has 2 N–H and O–H groups in total. The zero-order valence-electron chi connectivity index (χ0n) is 13.3.